The lowest BCUT2D eigenvalue weighted by Crippen LogP contribution is -2.11. The Bertz CT molecular complexity index is 658. The van der Waals surface area contributed by atoms with E-state index in [2.05, 4.69) is 5.32 Å². The van der Waals surface area contributed by atoms with E-state index in [1.54, 1.807) is 18.2 Å². The van der Waals surface area contributed by atoms with E-state index in [-0.39, 0.29) is 12.3 Å². The number of nitriles is 1. The fourth-order valence-corrected chi connectivity index (χ4v) is 1.65. The average molecular weight is 276 g/mol. The van der Waals surface area contributed by atoms with E-state index >= 15 is 0 Å². The number of nitrogens with two attached hydrogens (primary N) is 1. The van der Waals surface area contributed by atoms with Gasteiger partial charge in [0.2, 0.25) is 0 Å². The highest BCUT2D eigenvalue weighted by molar-refractivity contribution is 6.33. The van der Waals surface area contributed by atoms with Gasteiger partial charge in [0.1, 0.15) is 5.76 Å². The highest BCUT2D eigenvalue weighted by atomic mass is 35.5. The summed E-state index contributed by atoms with van der Waals surface area (Å²) in [6, 6.07) is 9.73. The molecule has 96 valence electrons. The normalized spacial score (nSPS) is 9.95. The number of rotatable bonds is 3. The van der Waals surface area contributed by atoms with Crippen LogP contribution >= 0.6 is 11.6 Å². The lowest BCUT2D eigenvalue weighted by atomic mass is 10.2. The second kappa shape index (κ2) is 5.57. The Hall–Kier alpha value is -2.29. The number of nitrogens with zero attached hydrogens (tertiary/aromatic N) is 1. The number of furan rings is 1. The molecule has 2 aromatic rings. The van der Waals surface area contributed by atoms with Crippen LogP contribution in [0.4, 0.5) is 5.69 Å². The van der Waals surface area contributed by atoms with E-state index in [1.807, 2.05) is 6.07 Å². The molecule has 0 radical (unpaired) electrons. The summed E-state index contributed by atoms with van der Waals surface area (Å²) in [7, 11) is 0. The largest absolute Gasteiger partial charge is 0.455 e. The summed E-state index contributed by atoms with van der Waals surface area (Å²) in [4.78, 5) is 11.9. The molecule has 0 spiro atoms. The number of carbonyl (C=O) groups is 1. The van der Waals surface area contributed by atoms with Gasteiger partial charge in [-0.3, -0.25) is 4.79 Å². The van der Waals surface area contributed by atoms with Crippen molar-refractivity contribution in [3.05, 3.63) is 52.4 Å². The molecule has 1 heterocycles. The first kappa shape index (κ1) is 13.1. The molecule has 0 atom stereocenters. The van der Waals surface area contributed by atoms with Gasteiger partial charge in [-0.25, -0.2) is 0 Å². The monoisotopic (exact) mass is 275 g/mol. The number of nitrogens with one attached hydrogen (secondary N) is 1. The molecule has 1 amide bonds. The average Bonchev–Trinajstić information content (AvgIpc) is 2.90. The molecule has 1 aromatic carbocycles. The second-order valence-corrected chi connectivity index (χ2v) is 4.14. The quantitative estimate of drug-likeness (QED) is 0.900. The first-order valence-electron chi connectivity index (χ1n) is 5.44. The summed E-state index contributed by atoms with van der Waals surface area (Å²) in [6.45, 7) is 0.220. The maximum absolute atomic E-state index is 11.9. The van der Waals surface area contributed by atoms with E-state index in [0.717, 1.165) is 0 Å². The van der Waals surface area contributed by atoms with Crippen LogP contribution in [-0.2, 0) is 6.54 Å². The fourth-order valence-electron chi connectivity index (χ4n) is 1.48. The van der Waals surface area contributed by atoms with E-state index in [0.29, 0.717) is 22.0 Å². The van der Waals surface area contributed by atoms with E-state index in [4.69, 9.17) is 27.0 Å². The maximum Gasteiger partial charge on any atom is 0.291 e. The smallest absolute Gasteiger partial charge is 0.291 e. The van der Waals surface area contributed by atoms with E-state index in [1.165, 1.54) is 12.1 Å². The van der Waals surface area contributed by atoms with Crippen LogP contribution in [0, 0.1) is 11.3 Å². The van der Waals surface area contributed by atoms with Crippen molar-refractivity contribution in [2.24, 2.45) is 5.73 Å². The van der Waals surface area contributed by atoms with E-state index in [9.17, 15) is 4.79 Å². The standard InChI is InChI=1S/C13H10ClN3O2/c14-10-3-1-8(6-15)5-11(10)17-13(18)12-4-2-9(7-16)19-12/h1-5H,7,16H2,(H,17,18). The zero-order valence-corrected chi connectivity index (χ0v) is 10.6. The summed E-state index contributed by atoms with van der Waals surface area (Å²) >= 11 is 5.94. The summed E-state index contributed by atoms with van der Waals surface area (Å²) < 4.78 is 5.22. The summed E-state index contributed by atoms with van der Waals surface area (Å²) in [5.41, 5.74) is 6.16. The SMILES string of the molecule is N#Cc1ccc(Cl)c(NC(=O)c2ccc(CN)o2)c1. The van der Waals surface area contributed by atoms with Crippen LogP contribution in [0.25, 0.3) is 0 Å². The van der Waals surface area contributed by atoms with Crippen LogP contribution in [0.3, 0.4) is 0 Å². The molecule has 0 saturated heterocycles. The Balaban J connectivity index is 2.21. The lowest BCUT2D eigenvalue weighted by Gasteiger charge is -2.05. The topological polar surface area (TPSA) is 92.0 Å². The second-order valence-electron chi connectivity index (χ2n) is 3.73. The van der Waals surface area contributed by atoms with Gasteiger partial charge in [-0.15, -0.1) is 0 Å². The predicted molar refractivity (Wildman–Crippen MR) is 70.7 cm³/mol. The van der Waals surface area contributed by atoms with Gasteiger partial charge in [0.25, 0.3) is 5.91 Å². The maximum atomic E-state index is 11.9. The van der Waals surface area contributed by atoms with Crippen LogP contribution in [0.15, 0.2) is 34.7 Å². The highest BCUT2D eigenvalue weighted by Gasteiger charge is 2.13. The molecule has 0 bridgehead atoms. The van der Waals surface area contributed by atoms with Crippen LogP contribution in [0.2, 0.25) is 5.02 Å². The zero-order valence-electron chi connectivity index (χ0n) is 9.81. The Morgan fingerprint density at radius 2 is 2.21 bits per heavy atom. The van der Waals surface area contributed by atoms with Crippen molar-refractivity contribution in [3.8, 4) is 6.07 Å². The molecule has 1 aromatic heterocycles. The van der Waals surface area contributed by atoms with Crippen molar-refractivity contribution in [1.29, 1.82) is 5.26 Å². The van der Waals surface area contributed by atoms with Gasteiger partial charge in [-0.05, 0) is 30.3 Å². The van der Waals surface area contributed by atoms with Crippen molar-refractivity contribution in [2.75, 3.05) is 5.32 Å². The molecule has 5 nitrogen and oxygen atoms in total. The molecule has 3 N–H and O–H groups in total. The molecular weight excluding hydrogens is 266 g/mol. The Kier molecular flexibility index (Phi) is 3.85. The minimum atomic E-state index is -0.448. The highest BCUT2D eigenvalue weighted by Crippen LogP contribution is 2.23. The Morgan fingerprint density at radius 3 is 2.84 bits per heavy atom. The minimum Gasteiger partial charge on any atom is -0.455 e. The van der Waals surface area contributed by atoms with Crippen molar-refractivity contribution in [3.63, 3.8) is 0 Å². The molecular formula is C13H10ClN3O2. The summed E-state index contributed by atoms with van der Waals surface area (Å²) in [5.74, 6) is 0.206. The van der Waals surface area contributed by atoms with Gasteiger partial charge in [0.05, 0.1) is 28.9 Å². The van der Waals surface area contributed by atoms with Gasteiger partial charge in [-0.1, -0.05) is 11.6 Å². The number of amides is 1. The zero-order chi connectivity index (χ0) is 13.8. The fraction of sp³-hybridized carbons (Fsp3) is 0.0769. The van der Waals surface area contributed by atoms with Crippen LogP contribution < -0.4 is 11.1 Å². The number of carbonyl (C=O) groups excluding carboxylic acids is 1. The minimum absolute atomic E-state index is 0.138. The molecule has 2 rings (SSSR count). The number of hydrogen-bond donors (Lipinski definition) is 2. The van der Waals surface area contributed by atoms with Crippen molar-refractivity contribution in [1.82, 2.24) is 0 Å². The molecule has 0 aliphatic heterocycles. The van der Waals surface area contributed by atoms with Gasteiger partial charge in [0, 0.05) is 0 Å². The van der Waals surface area contributed by atoms with Gasteiger partial charge in [0.15, 0.2) is 5.76 Å². The van der Waals surface area contributed by atoms with Crippen molar-refractivity contribution >= 4 is 23.2 Å². The van der Waals surface area contributed by atoms with Gasteiger partial charge < -0.3 is 15.5 Å². The van der Waals surface area contributed by atoms with Crippen LogP contribution in [-0.4, -0.2) is 5.91 Å². The number of hydrogen-bond acceptors (Lipinski definition) is 4. The molecule has 0 fully saturated rings. The number of halogens is 1. The first-order valence-corrected chi connectivity index (χ1v) is 5.81. The molecule has 0 aliphatic rings. The molecule has 0 saturated carbocycles. The third-order valence-corrected chi connectivity index (χ3v) is 2.76. The molecule has 0 aliphatic carbocycles. The molecule has 19 heavy (non-hydrogen) atoms. The lowest BCUT2D eigenvalue weighted by molar-refractivity contribution is 0.0995. The first-order chi connectivity index (χ1) is 9.13. The summed E-state index contributed by atoms with van der Waals surface area (Å²) in [5, 5.41) is 11.7. The van der Waals surface area contributed by atoms with Gasteiger partial charge in [-0.2, -0.15) is 5.26 Å². The van der Waals surface area contributed by atoms with Crippen LogP contribution in [0.1, 0.15) is 21.9 Å². The Morgan fingerprint density at radius 1 is 1.42 bits per heavy atom. The van der Waals surface area contributed by atoms with Gasteiger partial charge >= 0.3 is 0 Å². The Labute approximate surface area is 114 Å². The van der Waals surface area contributed by atoms with E-state index < -0.39 is 5.91 Å². The third kappa shape index (κ3) is 2.94. The van der Waals surface area contributed by atoms with Crippen LogP contribution in [0.5, 0.6) is 0 Å². The molecule has 0 unspecified atom stereocenters. The summed E-state index contributed by atoms with van der Waals surface area (Å²) in [6.07, 6.45) is 0. The predicted octanol–water partition coefficient (Wildman–Crippen LogP) is 2.52. The molecule has 6 heteroatoms. The van der Waals surface area contributed by atoms with Crippen molar-refractivity contribution in [2.45, 2.75) is 6.54 Å². The number of anilines is 1. The number of benzene rings is 1. The van der Waals surface area contributed by atoms with Crippen molar-refractivity contribution < 1.29 is 9.21 Å². The third-order valence-electron chi connectivity index (χ3n) is 2.43.